The molecular formula is C19H17F4NO. The van der Waals surface area contributed by atoms with Gasteiger partial charge in [0.15, 0.2) is 0 Å². The Balaban J connectivity index is 1.92. The van der Waals surface area contributed by atoms with E-state index < -0.39 is 28.9 Å². The number of hydrogen-bond acceptors (Lipinski definition) is 1. The van der Waals surface area contributed by atoms with Crippen molar-refractivity contribution in [3.05, 3.63) is 65.5 Å². The molecule has 0 saturated heterocycles. The smallest absolute Gasteiger partial charge is 0.325 e. The van der Waals surface area contributed by atoms with Crippen LogP contribution < -0.4 is 5.32 Å². The summed E-state index contributed by atoms with van der Waals surface area (Å²) in [4.78, 5) is 12.9. The lowest BCUT2D eigenvalue weighted by Crippen LogP contribution is -2.38. The highest BCUT2D eigenvalue weighted by molar-refractivity contribution is 5.99. The molecule has 0 spiro atoms. The molecule has 0 radical (unpaired) electrons. The van der Waals surface area contributed by atoms with Gasteiger partial charge < -0.3 is 5.32 Å². The van der Waals surface area contributed by atoms with E-state index in [1.54, 1.807) is 0 Å². The Morgan fingerprint density at radius 1 is 1.00 bits per heavy atom. The number of alkyl halides is 3. The first-order chi connectivity index (χ1) is 11.8. The van der Waals surface area contributed by atoms with Gasteiger partial charge in [-0.15, -0.1) is 0 Å². The minimum Gasteiger partial charge on any atom is -0.325 e. The first-order valence-corrected chi connectivity index (χ1v) is 8.06. The van der Waals surface area contributed by atoms with Crippen LogP contribution in [0.25, 0.3) is 0 Å². The van der Waals surface area contributed by atoms with Crippen LogP contribution in [0.4, 0.5) is 23.2 Å². The van der Waals surface area contributed by atoms with E-state index in [1.165, 1.54) is 0 Å². The Labute approximate surface area is 142 Å². The summed E-state index contributed by atoms with van der Waals surface area (Å²) in [5.41, 5.74) is -1.26. The number of benzene rings is 2. The number of carbonyl (C=O) groups is 1. The van der Waals surface area contributed by atoms with E-state index in [0.717, 1.165) is 30.5 Å². The second-order valence-electron chi connectivity index (χ2n) is 6.34. The van der Waals surface area contributed by atoms with Crippen LogP contribution in [-0.4, -0.2) is 5.91 Å². The quantitative estimate of drug-likeness (QED) is 0.748. The number of amides is 1. The topological polar surface area (TPSA) is 29.1 Å². The molecule has 0 bridgehead atoms. The molecule has 0 heterocycles. The van der Waals surface area contributed by atoms with Gasteiger partial charge in [0.05, 0.1) is 11.0 Å². The van der Waals surface area contributed by atoms with Gasteiger partial charge >= 0.3 is 6.18 Å². The van der Waals surface area contributed by atoms with Crippen molar-refractivity contribution in [1.29, 1.82) is 0 Å². The maximum absolute atomic E-state index is 13.6. The highest BCUT2D eigenvalue weighted by atomic mass is 19.4. The summed E-state index contributed by atoms with van der Waals surface area (Å²) < 4.78 is 52.1. The molecule has 0 atom stereocenters. The van der Waals surface area contributed by atoms with E-state index in [1.807, 2.05) is 30.3 Å². The first kappa shape index (κ1) is 17.5. The van der Waals surface area contributed by atoms with Gasteiger partial charge in [0, 0.05) is 5.69 Å². The highest BCUT2D eigenvalue weighted by Gasteiger charge is 2.42. The van der Waals surface area contributed by atoms with Crippen LogP contribution in [-0.2, 0) is 16.4 Å². The Hall–Kier alpha value is -2.37. The van der Waals surface area contributed by atoms with E-state index in [-0.39, 0.29) is 5.69 Å². The molecule has 25 heavy (non-hydrogen) atoms. The molecular weight excluding hydrogens is 334 g/mol. The zero-order chi connectivity index (χ0) is 18.1. The fourth-order valence-corrected chi connectivity index (χ4v) is 3.46. The van der Waals surface area contributed by atoms with E-state index in [2.05, 4.69) is 5.32 Å². The van der Waals surface area contributed by atoms with Crippen molar-refractivity contribution < 1.29 is 22.4 Å². The summed E-state index contributed by atoms with van der Waals surface area (Å²) in [6.45, 7) is 0. The molecule has 3 rings (SSSR count). The highest BCUT2D eigenvalue weighted by Crippen LogP contribution is 2.42. The number of halogens is 4. The standard InChI is InChI=1S/C19H17F4NO/c20-15-10-14(19(21,22)23)11-16(12-15)24-17(25)18(8-4-5-9-18)13-6-2-1-3-7-13/h1-3,6-7,10-12H,4-5,8-9H2,(H,24,25). The summed E-state index contributed by atoms with van der Waals surface area (Å²) in [6.07, 6.45) is -1.72. The molecule has 0 unspecified atom stereocenters. The Morgan fingerprint density at radius 2 is 1.64 bits per heavy atom. The molecule has 6 heteroatoms. The Morgan fingerprint density at radius 3 is 2.24 bits per heavy atom. The third kappa shape index (κ3) is 3.52. The third-order valence-corrected chi connectivity index (χ3v) is 4.70. The normalized spacial score (nSPS) is 16.6. The van der Waals surface area contributed by atoms with Gasteiger partial charge in [0.25, 0.3) is 0 Å². The maximum atomic E-state index is 13.6. The fraction of sp³-hybridized carbons (Fsp3) is 0.316. The van der Waals surface area contributed by atoms with Crippen molar-refractivity contribution in [2.24, 2.45) is 0 Å². The van der Waals surface area contributed by atoms with E-state index in [9.17, 15) is 22.4 Å². The van der Waals surface area contributed by atoms with Crippen LogP contribution in [0.15, 0.2) is 48.5 Å². The van der Waals surface area contributed by atoms with Gasteiger partial charge in [0.2, 0.25) is 5.91 Å². The predicted molar refractivity (Wildman–Crippen MR) is 86.6 cm³/mol. The predicted octanol–water partition coefficient (Wildman–Crippen LogP) is 5.30. The Bertz CT molecular complexity index is 765. The molecule has 1 fully saturated rings. The number of carbonyl (C=O) groups excluding carboxylic acids is 1. The van der Waals surface area contributed by atoms with Crippen LogP contribution >= 0.6 is 0 Å². The van der Waals surface area contributed by atoms with Crippen LogP contribution in [0.5, 0.6) is 0 Å². The number of anilines is 1. The summed E-state index contributed by atoms with van der Waals surface area (Å²) in [6, 6.07) is 11.3. The monoisotopic (exact) mass is 351 g/mol. The molecule has 1 aliphatic rings. The van der Waals surface area contributed by atoms with Gasteiger partial charge in [0.1, 0.15) is 5.82 Å². The Kier molecular flexibility index (Phi) is 4.54. The van der Waals surface area contributed by atoms with Crippen LogP contribution in [0.1, 0.15) is 36.8 Å². The van der Waals surface area contributed by atoms with Crippen molar-refractivity contribution in [3.63, 3.8) is 0 Å². The van der Waals surface area contributed by atoms with Crippen molar-refractivity contribution in [3.8, 4) is 0 Å². The number of hydrogen-bond donors (Lipinski definition) is 1. The fourth-order valence-electron chi connectivity index (χ4n) is 3.46. The number of rotatable bonds is 3. The number of nitrogens with one attached hydrogen (secondary N) is 1. The maximum Gasteiger partial charge on any atom is 0.416 e. The average Bonchev–Trinajstić information content (AvgIpc) is 3.05. The van der Waals surface area contributed by atoms with Gasteiger partial charge in [-0.2, -0.15) is 13.2 Å². The van der Waals surface area contributed by atoms with Gasteiger partial charge in [-0.05, 0) is 36.6 Å². The van der Waals surface area contributed by atoms with Crippen molar-refractivity contribution in [2.75, 3.05) is 5.32 Å². The molecule has 1 N–H and O–H groups in total. The van der Waals surface area contributed by atoms with Gasteiger partial charge in [-0.1, -0.05) is 43.2 Å². The summed E-state index contributed by atoms with van der Waals surface area (Å²) in [5.74, 6) is -1.43. The summed E-state index contributed by atoms with van der Waals surface area (Å²) >= 11 is 0. The van der Waals surface area contributed by atoms with Gasteiger partial charge in [-0.25, -0.2) is 4.39 Å². The lowest BCUT2D eigenvalue weighted by Gasteiger charge is -2.28. The molecule has 1 saturated carbocycles. The van der Waals surface area contributed by atoms with Crippen molar-refractivity contribution in [2.45, 2.75) is 37.3 Å². The summed E-state index contributed by atoms with van der Waals surface area (Å²) in [7, 11) is 0. The molecule has 2 aromatic rings. The zero-order valence-corrected chi connectivity index (χ0v) is 13.4. The molecule has 1 aliphatic carbocycles. The first-order valence-electron chi connectivity index (χ1n) is 8.06. The average molecular weight is 351 g/mol. The largest absolute Gasteiger partial charge is 0.416 e. The molecule has 0 aromatic heterocycles. The second-order valence-corrected chi connectivity index (χ2v) is 6.34. The molecule has 2 aromatic carbocycles. The van der Waals surface area contributed by atoms with Crippen molar-refractivity contribution >= 4 is 11.6 Å². The van der Waals surface area contributed by atoms with Gasteiger partial charge in [-0.3, -0.25) is 4.79 Å². The molecule has 0 aliphatic heterocycles. The minimum atomic E-state index is -4.67. The van der Waals surface area contributed by atoms with E-state index in [0.29, 0.717) is 18.9 Å². The molecule has 132 valence electrons. The van der Waals surface area contributed by atoms with E-state index in [4.69, 9.17) is 0 Å². The lowest BCUT2D eigenvalue weighted by molar-refractivity contribution is -0.137. The van der Waals surface area contributed by atoms with Crippen molar-refractivity contribution in [1.82, 2.24) is 0 Å². The lowest BCUT2D eigenvalue weighted by atomic mass is 9.78. The SMILES string of the molecule is O=C(Nc1cc(F)cc(C(F)(F)F)c1)C1(c2ccccc2)CCCC1. The van der Waals surface area contributed by atoms with Crippen LogP contribution in [0.3, 0.4) is 0 Å². The molecule has 1 amide bonds. The third-order valence-electron chi connectivity index (χ3n) is 4.70. The minimum absolute atomic E-state index is 0.181. The second kappa shape index (κ2) is 6.50. The molecule has 2 nitrogen and oxygen atoms in total. The zero-order valence-electron chi connectivity index (χ0n) is 13.4. The summed E-state index contributed by atoms with van der Waals surface area (Å²) in [5, 5.41) is 2.50. The van der Waals surface area contributed by atoms with E-state index >= 15 is 0 Å². The van der Waals surface area contributed by atoms with Crippen LogP contribution in [0, 0.1) is 5.82 Å². The van der Waals surface area contributed by atoms with Crippen LogP contribution in [0.2, 0.25) is 0 Å².